The Morgan fingerprint density at radius 2 is 0.875 bits per heavy atom. The van der Waals surface area contributed by atoms with Crippen LogP contribution in [0.15, 0.2) is 67.9 Å². The average molecular weight is 470 g/mol. The van der Waals surface area contributed by atoms with Gasteiger partial charge in [0.25, 0.3) is 0 Å². The van der Waals surface area contributed by atoms with Crippen molar-refractivity contribution >= 4 is 63.8 Å². The summed E-state index contributed by atoms with van der Waals surface area (Å²) in [6.45, 7) is 0. The van der Waals surface area contributed by atoms with Crippen molar-refractivity contribution < 1.29 is 25.9 Å². The topological polar surface area (TPSA) is 180 Å². The number of hydrogen-bond acceptors (Lipinski definition) is 8. The Kier molecular flexibility index (Phi) is 4.11. The van der Waals surface area contributed by atoms with Crippen LogP contribution in [0.1, 0.15) is 0 Å². The minimum atomic E-state index is -4.76. The first-order chi connectivity index (χ1) is 14.9. The molecule has 0 aliphatic heterocycles. The largest absolute Gasteiger partial charge is 0.744 e. The van der Waals surface area contributed by atoms with E-state index in [-0.39, 0.29) is 43.6 Å². The van der Waals surface area contributed by atoms with Crippen molar-refractivity contribution in [2.45, 2.75) is 9.79 Å². The summed E-state index contributed by atoms with van der Waals surface area (Å²) < 4.78 is 67.9. The highest BCUT2D eigenvalue weighted by Gasteiger charge is 2.13. The highest BCUT2D eigenvalue weighted by Crippen LogP contribution is 2.24. The van der Waals surface area contributed by atoms with E-state index in [2.05, 4.69) is 9.97 Å². The van der Waals surface area contributed by atoms with Crippen LogP contribution in [0.4, 0.5) is 0 Å². The number of fused-ring (bicyclic) bond motifs is 4. The maximum atomic E-state index is 13.0. The van der Waals surface area contributed by atoms with E-state index in [0.717, 1.165) is 24.3 Å². The fourth-order valence-electron chi connectivity index (χ4n) is 3.71. The molecule has 2 N–H and O–H groups in total. The lowest BCUT2D eigenvalue weighted by Crippen LogP contribution is -2.09. The monoisotopic (exact) mass is 470 g/mol. The van der Waals surface area contributed by atoms with Gasteiger partial charge in [-0.05, 0) is 48.5 Å². The predicted octanol–water partition coefficient (Wildman–Crippen LogP) is 1.48. The molecular formula is C20H10N2O8S2-2. The molecule has 10 nitrogen and oxygen atoms in total. The number of rotatable bonds is 2. The van der Waals surface area contributed by atoms with Crippen molar-refractivity contribution in [2.24, 2.45) is 0 Å². The van der Waals surface area contributed by atoms with Crippen LogP contribution >= 0.6 is 0 Å². The van der Waals surface area contributed by atoms with Crippen LogP contribution < -0.4 is 10.9 Å². The van der Waals surface area contributed by atoms with E-state index in [0.29, 0.717) is 0 Å². The summed E-state index contributed by atoms with van der Waals surface area (Å²) in [5.41, 5.74) is -0.0439. The molecule has 0 amide bonds. The molecule has 0 saturated heterocycles. The molecule has 0 saturated carbocycles. The number of benzene rings is 3. The van der Waals surface area contributed by atoms with E-state index in [1.807, 2.05) is 0 Å². The highest BCUT2D eigenvalue weighted by molar-refractivity contribution is 7.86. The van der Waals surface area contributed by atoms with Crippen LogP contribution in [0.5, 0.6) is 0 Å². The molecule has 0 spiro atoms. The Bertz CT molecular complexity index is 1830. The summed E-state index contributed by atoms with van der Waals surface area (Å²) in [5.74, 6) is 0. The lowest BCUT2D eigenvalue weighted by atomic mass is 10.1. The van der Waals surface area contributed by atoms with Gasteiger partial charge in [0.05, 0.1) is 20.8 Å². The van der Waals surface area contributed by atoms with E-state index in [4.69, 9.17) is 0 Å². The number of aromatic amines is 2. The van der Waals surface area contributed by atoms with E-state index in [1.165, 1.54) is 24.3 Å². The Labute approximate surface area is 178 Å². The van der Waals surface area contributed by atoms with Gasteiger partial charge >= 0.3 is 0 Å². The number of H-pyrrole nitrogens is 2. The van der Waals surface area contributed by atoms with E-state index >= 15 is 0 Å². The zero-order valence-corrected chi connectivity index (χ0v) is 17.3. The Balaban J connectivity index is 1.89. The normalized spacial score (nSPS) is 12.8. The molecule has 5 aromatic rings. The molecule has 0 aliphatic rings. The van der Waals surface area contributed by atoms with Gasteiger partial charge in [-0.15, -0.1) is 0 Å². The summed E-state index contributed by atoms with van der Waals surface area (Å²) in [7, 11) is -9.52. The second kappa shape index (κ2) is 6.46. The molecular weight excluding hydrogens is 460 g/mol. The molecule has 2 aromatic heterocycles. The average Bonchev–Trinajstić information content (AvgIpc) is 2.71. The zero-order valence-electron chi connectivity index (χ0n) is 15.7. The number of aromatic nitrogens is 2. The minimum Gasteiger partial charge on any atom is -0.744 e. The lowest BCUT2D eigenvalue weighted by Gasteiger charge is -2.11. The summed E-state index contributed by atoms with van der Waals surface area (Å²) >= 11 is 0. The van der Waals surface area contributed by atoms with Crippen LogP contribution in [-0.4, -0.2) is 35.9 Å². The Morgan fingerprint density at radius 1 is 0.531 bits per heavy atom. The van der Waals surface area contributed by atoms with Gasteiger partial charge in [-0.25, -0.2) is 16.8 Å². The van der Waals surface area contributed by atoms with E-state index < -0.39 is 40.9 Å². The smallest absolute Gasteiger partial charge is 0.197 e. The number of nitrogens with one attached hydrogen (secondary N) is 2. The summed E-state index contributed by atoms with van der Waals surface area (Å²) in [4.78, 5) is 30.8. The fourth-order valence-corrected chi connectivity index (χ4v) is 4.71. The maximum absolute atomic E-state index is 13.0. The van der Waals surface area contributed by atoms with Crippen LogP contribution in [0, 0.1) is 0 Å². The molecule has 162 valence electrons. The van der Waals surface area contributed by atoms with Crippen LogP contribution in [0.25, 0.3) is 43.6 Å². The quantitative estimate of drug-likeness (QED) is 0.287. The summed E-state index contributed by atoms with van der Waals surface area (Å²) in [5, 5.41) is 0.253. The van der Waals surface area contributed by atoms with Gasteiger partial charge in [0, 0.05) is 32.6 Å². The molecule has 3 aromatic carbocycles. The molecule has 2 heterocycles. The van der Waals surface area contributed by atoms with Crippen molar-refractivity contribution in [3.63, 3.8) is 0 Å². The van der Waals surface area contributed by atoms with Gasteiger partial charge in [0.2, 0.25) is 0 Å². The predicted molar refractivity (Wildman–Crippen MR) is 114 cm³/mol. The van der Waals surface area contributed by atoms with Gasteiger partial charge in [0.15, 0.2) is 10.9 Å². The van der Waals surface area contributed by atoms with Gasteiger partial charge < -0.3 is 19.1 Å². The molecule has 32 heavy (non-hydrogen) atoms. The summed E-state index contributed by atoms with van der Waals surface area (Å²) in [6.07, 6.45) is 0. The molecule has 5 rings (SSSR count). The third-order valence-electron chi connectivity index (χ3n) is 5.23. The second-order valence-electron chi connectivity index (χ2n) is 7.17. The van der Waals surface area contributed by atoms with Gasteiger partial charge in [-0.1, -0.05) is 0 Å². The van der Waals surface area contributed by atoms with E-state index in [9.17, 15) is 35.5 Å². The molecule has 0 atom stereocenters. The number of pyridine rings is 2. The van der Waals surface area contributed by atoms with Crippen LogP contribution in [-0.2, 0) is 20.2 Å². The number of hydrogen-bond donors (Lipinski definition) is 2. The zero-order chi connectivity index (χ0) is 23.0. The highest BCUT2D eigenvalue weighted by atomic mass is 32.2. The SMILES string of the molecule is O=c1c2cc(S(=O)(=O)[O-])ccc2[nH]c2cc3c(=O)c4cc(S(=O)(=O)[O-])ccc4[nH]c3cc12. The third-order valence-corrected chi connectivity index (χ3v) is 6.90. The van der Waals surface area contributed by atoms with Crippen molar-refractivity contribution in [1.29, 1.82) is 0 Å². The minimum absolute atomic E-state index is 0.0118. The molecule has 0 fully saturated rings. The molecule has 0 radical (unpaired) electrons. The lowest BCUT2D eigenvalue weighted by molar-refractivity contribution is 0.461. The van der Waals surface area contributed by atoms with Gasteiger partial charge in [0.1, 0.15) is 20.2 Å². The first-order valence-electron chi connectivity index (χ1n) is 8.95. The van der Waals surface area contributed by atoms with Crippen LogP contribution in [0.2, 0.25) is 0 Å². The second-order valence-corrected chi connectivity index (χ2v) is 9.93. The standard InChI is InChI=1S/C20H12N2O8S2/c23-19-11-5-9(31(25,26)27)1-3-15(11)21-17-7-14-18(8-13(17)19)22-16-4-2-10(32(28,29)30)6-12(16)20(14)24/h1-8H,(H,21,23)(H,22,24)(H,25,26,27)(H,28,29,30)/p-2. The van der Waals surface area contributed by atoms with E-state index in [1.54, 1.807) is 0 Å². The molecule has 12 heteroatoms. The van der Waals surface area contributed by atoms with Crippen molar-refractivity contribution in [3.05, 3.63) is 69.0 Å². The first-order valence-corrected chi connectivity index (χ1v) is 11.8. The van der Waals surface area contributed by atoms with Crippen molar-refractivity contribution in [3.8, 4) is 0 Å². The molecule has 0 aliphatic carbocycles. The Hall–Kier alpha value is -3.58. The molecule has 0 unspecified atom stereocenters. The van der Waals surface area contributed by atoms with Crippen molar-refractivity contribution in [2.75, 3.05) is 0 Å². The van der Waals surface area contributed by atoms with Gasteiger partial charge in [-0.2, -0.15) is 0 Å². The maximum Gasteiger partial charge on any atom is 0.197 e. The van der Waals surface area contributed by atoms with Crippen molar-refractivity contribution in [1.82, 2.24) is 9.97 Å². The Morgan fingerprint density at radius 3 is 1.22 bits per heavy atom. The van der Waals surface area contributed by atoms with Gasteiger partial charge in [-0.3, -0.25) is 9.59 Å². The fraction of sp³-hybridized carbons (Fsp3) is 0. The molecule has 0 bridgehead atoms. The third kappa shape index (κ3) is 3.08. The first kappa shape index (κ1) is 20.3. The van der Waals surface area contributed by atoms with Crippen LogP contribution in [0.3, 0.4) is 0 Å². The summed E-state index contributed by atoms with van der Waals surface area (Å²) in [6, 6.07) is 9.49.